The number of benzene rings is 1. The Hall–Kier alpha value is -1.62. The van der Waals surface area contributed by atoms with E-state index in [-0.39, 0.29) is 23.7 Å². The second kappa shape index (κ2) is 14.9. The average Bonchev–Trinajstić information content (AvgIpc) is 3.53. The van der Waals surface area contributed by atoms with E-state index in [0.29, 0.717) is 61.0 Å². The van der Waals surface area contributed by atoms with Crippen LogP contribution in [0.5, 0.6) is 0 Å². The normalized spacial score (nSPS) is 48.7. The van der Waals surface area contributed by atoms with Crippen molar-refractivity contribution in [2.24, 2.45) is 52.3 Å². The Bertz CT molecular complexity index is 1590. The molecule has 1 aromatic carbocycles. The Morgan fingerprint density at radius 1 is 0.745 bits per heavy atom. The van der Waals surface area contributed by atoms with Gasteiger partial charge in [0.15, 0.2) is 42.3 Å². The number of guanidine groups is 1. The number of anilines is 1. The topological polar surface area (TPSA) is 129 Å². The van der Waals surface area contributed by atoms with Gasteiger partial charge in [-0.3, -0.25) is 4.99 Å². The first-order chi connectivity index (χ1) is 26.4. The van der Waals surface area contributed by atoms with Gasteiger partial charge in [-0.1, -0.05) is 45.4 Å². The molecule has 4 bridgehead atoms. The third kappa shape index (κ3) is 6.75. The number of ether oxygens (including phenoxy) is 6. The first-order valence-electron chi connectivity index (χ1n) is 20.9. The summed E-state index contributed by atoms with van der Waals surface area (Å²) in [5.41, 5.74) is -0.414. The molecule has 306 valence electrons. The minimum atomic E-state index is -0.825. The fourth-order valence-corrected chi connectivity index (χ4v) is 11.8. The second-order valence-corrected chi connectivity index (χ2v) is 18.5. The van der Waals surface area contributed by atoms with Crippen LogP contribution >= 0.6 is 11.6 Å². The molecule has 8 heterocycles. The van der Waals surface area contributed by atoms with Crippen LogP contribution in [0.25, 0.3) is 0 Å². The Balaban J connectivity index is 0.831. The molecule has 14 heteroatoms. The van der Waals surface area contributed by atoms with Gasteiger partial charge in [-0.05, 0) is 94.2 Å². The van der Waals surface area contributed by atoms with E-state index in [1.165, 1.54) is 0 Å². The third-order valence-electron chi connectivity index (χ3n) is 14.6. The van der Waals surface area contributed by atoms with Gasteiger partial charge in [0, 0.05) is 53.8 Å². The average molecular weight is 790 g/mol. The van der Waals surface area contributed by atoms with Gasteiger partial charge < -0.3 is 39.1 Å². The molecular formula is C41H60ClN3O10. The molecule has 16 atom stereocenters. The van der Waals surface area contributed by atoms with E-state index in [9.17, 15) is 0 Å². The third-order valence-corrected chi connectivity index (χ3v) is 14.8. The fraction of sp³-hybridized carbons (Fsp3) is 0.829. The number of nitrogens with zero attached hydrogens (tertiary/aromatic N) is 1. The number of hydrogen-bond donors (Lipinski definition) is 2. The van der Waals surface area contributed by atoms with Crippen LogP contribution in [0.1, 0.15) is 92.9 Å². The molecule has 55 heavy (non-hydrogen) atoms. The molecular weight excluding hydrogens is 730 g/mol. The van der Waals surface area contributed by atoms with Crippen molar-refractivity contribution in [2.45, 2.75) is 141 Å². The summed E-state index contributed by atoms with van der Waals surface area (Å²) in [4.78, 5) is 29.4. The summed E-state index contributed by atoms with van der Waals surface area (Å²) >= 11 is 6.33. The Kier molecular flexibility index (Phi) is 10.5. The highest BCUT2D eigenvalue weighted by molar-refractivity contribution is 6.30. The first kappa shape index (κ1) is 38.9. The molecule has 0 radical (unpaired) electrons. The molecule has 10 aliphatic rings. The van der Waals surface area contributed by atoms with Crippen LogP contribution in [0, 0.1) is 47.3 Å². The Morgan fingerprint density at radius 2 is 1.31 bits per heavy atom. The molecule has 13 nitrogen and oxygen atoms in total. The van der Waals surface area contributed by atoms with E-state index in [1.807, 2.05) is 38.1 Å². The number of fused-ring (bicyclic) bond motifs is 4. The van der Waals surface area contributed by atoms with Gasteiger partial charge in [-0.25, -0.2) is 19.6 Å². The van der Waals surface area contributed by atoms with Crippen LogP contribution in [0.4, 0.5) is 5.69 Å². The minimum absolute atomic E-state index is 0.0897. The summed E-state index contributed by atoms with van der Waals surface area (Å²) in [6.45, 7) is 14.6. The summed E-state index contributed by atoms with van der Waals surface area (Å²) in [7, 11) is 0. The van der Waals surface area contributed by atoms with Crippen LogP contribution in [-0.2, 0) is 48.0 Å². The maximum Gasteiger partial charge on any atom is 0.201 e. The molecule has 2 N–H and O–H groups in total. The number of rotatable bonds is 9. The highest BCUT2D eigenvalue weighted by Gasteiger charge is 2.71. The van der Waals surface area contributed by atoms with Crippen molar-refractivity contribution >= 4 is 23.2 Å². The lowest BCUT2D eigenvalue weighted by molar-refractivity contribution is -0.577. The standard InChI is InChI=1S/C41H60ClN3O10/c1-23-10-12-31-25(3)33(48-35-40(31)29(23)14-16-38(5,50-35)52-54-40)46-20-18-43-37(45-28-9-7-8-27(42)22-28)44-19-21-47-34-26(4)32-13-11-24(2)30-15-17-39(6)51-36(49-34)41(30,32)55-53-39/h7-9,22-26,29-36H,10-21H2,1-6H3,(H2,43,44,45)/t23-,24-,25-,26-,29+,30+,31+,32+,33+,34+,35-,36-,38-,39-,40-,41-/m1/s1. The highest BCUT2D eigenvalue weighted by atomic mass is 35.5. The van der Waals surface area contributed by atoms with Gasteiger partial charge in [0.25, 0.3) is 0 Å². The maximum absolute atomic E-state index is 6.62. The van der Waals surface area contributed by atoms with Crippen molar-refractivity contribution < 1.29 is 48.0 Å². The molecule has 1 aromatic rings. The van der Waals surface area contributed by atoms with Crippen LogP contribution in [0.3, 0.4) is 0 Å². The van der Waals surface area contributed by atoms with Crippen molar-refractivity contribution in [1.82, 2.24) is 5.32 Å². The van der Waals surface area contributed by atoms with Gasteiger partial charge in [0.05, 0.1) is 19.8 Å². The predicted molar refractivity (Wildman–Crippen MR) is 201 cm³/mol. The molecule has 0 amide bonds. The van der Waals surface area contributed by atoms with Crippen LogP contribution in [0.2, 0.25) is 5.02 Å². The predicted octanol–water partition coefficient (Wildman–Crippen LogP) is 7.15. The largest absolute Gasteiger partial charge is 0.354 e. The molecule has 8 saturated heterocycles. The van der Waals surface area contributed by atoms with Crippen molar-refractivity contribution in [3.05, 3.63) is 29.3 Å². The number of halogens is 1. The van der Waals surface area contributed by atoms with E-state index < -0.39 is 47.9 Å². The van der Waals surface area contributed by atoms with Gasteiger partial charge >= 0.3 is 0 Å². The summed E-state index contributed by atoms with van der Waals surface area (Å²) in [5.74, 6) is 1.15. The smallest absolute Gasteiger partial charge is 0.201 e. The van der Waals surface area contributed by atoms with Crippen molar-refractivity contribution in [2.75, 3.05) is 31.6 Å². The molecule has 8 aliphatic heterocycles. The zero-order valence-electron chi connectivity index (χ0n) is 33.1. The maximum atomic E-state index is 6.62. The quantitative estimate of drug-likeness (QED) is 0.114. The lowest BCUT2D eigenvalue weighted by Gasteiger charge is -2.60. The van der Waals surface area contributed by atoms with Crippen LogP contribution in [0.15, 0.2) is 29.3 Å². The van der Waals surface area contributed by atoms with E-state index >= 15 is 0 Å². The van der Waals surface area contributed by atoms with Crippen molar-refractivity contribution in [1.29, 1.82) is 0 Å². The second-order valence-electron chi connectivity index (χ2n) is 18.1. The summed E-state index contributed by atoms with van der Waals surface area (Å²) in [5, 5.41) is 7.46. The number of nitrogens with one attached hydrogen (secondary N) is 2. The van der Waals surface area contributed by atoms with E-state index in [4.69, 9.17) is 64.6 Å². The molecule has 11 rings (SSSR count). The monoisotopic (exact) mass is 789 g/mol. The zero-order chi connectivity index (χ0) is 38.2. The highest BCUT2D eigenvalue weighted by Crippen LogP contribution is 2.62. The van der Waals surface area contributed by atoms with E-state index in [1.54, 1.807) is 0 Å². The van der Waals surface area contributed by atoms with Crippen molar-refractivity contribution in [3.63, 3.8) is 0 Å². The summed E-state index contributed by atoms with van der Waals surface area (Å²) < 4.78 is 39.2. The first-order valence-corrected chi connectivity index (χ1v) is 21.3. The van der Waals surface area contributed by atoms with Crippen LogP contribution in [-0.4, -0.2) is 80.2 Å². The molecule has 0 unspecified atom stereocenters. The van der Waals surface area contributed by atoms with E-state index in [2.05, 4.69) is 38.3 Å². The van der Waals surface area contributed by atoms with Crippen LogP contribution < -0.4 is 10.6 Å². The van der Waals surface area contributed by atoms with Gasteiger partial charge in [0.2, 0.25) is 11.6 Å². The summed E-state index contributed by atoms with van der Waals surface area (Å²) in [6, 6.07) is 7.56. The molecule has 2 saturated carbocycles. The molecule has 2 spiro atoms. The van der Waals surface area contributed by atoms with Gasteiger partial charge in [0.1, 0.15) is 0 Å². The zero-order valence-corrected chi connectivity index (χ0v) is 33.9. The number of aliphatic imine (C=N–C) groups is 1. The molecule has 0 aromatic heterocycles. The lowest BCUT2D eigenvalue weighted by Crippen LogP contribution is -2.70. The van der Waals surface area contributed by atoms with Gasteiger partial charge in [-0.15, -0.1) is 0 Å². The number of hydrogen-bond acceptors (Lipinski definition) is 11. The minimum Gasteiger partial charge on any atom is -0.354 e. The summed E-state index contributed by atoms with van der Waals surface area (Å²) in [6.07, 6.45) is 5.88. The SMILES string of the molecule is C[C@H]1[C@@H](OCCN=C(NCCO[C@H]2O[C@@H]3O[C@@]4(C)CC[C@H]5[C@H](C)CC[C@@H]([C@H]2C)[C@@]35OO4)Nc2cccc(Cl)c2)O[C@@H]2O[C@@]3(C)CC[C@H]4[C@H](C)CC[C@@H]1[C@@]24OO3. The van der Waals surface area contributed by atoms with Gasteiger partial charge in [-0.2, -0.15) is 0 Å². The fourth-order valence-electron chi connectivity index (χ4n) is 11.6. The Labute approximate surface area is 329 Å². The van der Waals surface area contributed by atoms with E-state index in [0.717, 1.165) is 57.1 Å². The molecule has 10 fully saturated rings. The lowest BCUT2D eigenvalue weighted by atomic mass is 9.58. The molecule has 2 aliphatic carbocycles. The Morgan fingerprint density at radius 3 is 1.87 bits per heavy atom. The van der Waals surface area contributed by atoms with Crippen molar-refractivity contribution in [3.8, 4) is 0 Å².